The molecule has 3 aliphatic heterocycles. The molecule has 5 rings (SSSR count). The van der Waals surface area contributed by atoms with Crippen LogP contribution in [0.1, 0.15) is 25.0 Å². The number of aliphatic imine (C=N–C) groups is 1. The van der Waals surface area contributed by atoms with Crippen LogP contribution in [0.15, 0.2) is 77.4 Å². The fourth-order valence-corrected chi connectivity index (χ4v) is 5.36. The lowest BCUT2D eigenvalue weighted by atomic mass is 9.73. The second-order valence-corrected chi connectivity index (χ2v) is 9.23. The highest BCUT2D eigenvalue weighted by molar-refractivity contribution is 6.30. The lowest BCUT2D eigenvalue weighted by Crippen LogP contribution is -2.59. The molecule has 0 aromatic heterocycles. The number of carbonyl (C=O) groups excluding carboxylic acids is 1. The molecular formula is C25H23Cl2N3O3. The Hall–Kier alpha value is -2.64. The number of aliphatic hydroxyl groups is 1. The zero-order valence-electron chi connectivity index (χ0n) is 18.1. The Balaban J connectivity index is 1.83. The largest absolute Gasteiger partial charge is 0.465 e. The van der Waals surface area contributed by atoms with E-state index in [9.17, 15) is 9.90 Å². The number of hydrogen-bond acceptors (Lipinski definition) is 6. The fraction of sp³-hybridized carbons (Fsp3) is 0.280. The Morgan fingerprint density at radius 2 is 1.70 bits per heavy atom. The van der Waals surface area contributed by atoms with E-state index >= 15 is 0 Å². The van der Waals surface area contributed by atoms with Crippen LogP contribution < -0.4 is 5.32 Å². The Bertz CT molecular complexity index is 1190. The normalized spacial score (nSPS) is 29.9. The number of fused-ring (bicyclic) bond motifs is 3. The molecule has 0 aliphatic carbocycles. The summed E-state index contributed by atoms with van der Waals surface area (Å²) in [4.78, 5) is 20.1. The zero-order valence-corrected chi connectivity index (χ0v) is 19.6. The molecule has 2 aromatic carbocycles. The summed E-state index contributed by atoms with van der Waals surface area (Å²) in [6.07, 6.45) is 4.62. The summed E-state index contributed by atoms with van der Waals surface area (Å²) >= 11 is 12.4. The number of rotatable bonds is 4. The smallest absolute Gasteiger partial charge is 0.326 e. The van der Waals surface area contributed by atoms with Crippen molar-refractivity contribution in [1.82, 2.24) is 10.2 Å². The van der Waals surface area contributed by atoms with Gasteiger partial charge >= 0.3 is 5.97 Å². The molecule has 1 saturated heterocycles. The summed E-state index contributed by atoms with van der Waals surface area (Å²) in [5.74, 6) is 0.130. The number of halogens is 2. The van der Waals surface area contributed by atoms with Crippen molar-refractivity contribution in [3.05, 3.63) is 93.6 Å². The third-order valence-corrected chi connectivity index (χ3v) is 6.98. The van der Waals surface area contributed by atoms with Gasteiger partial charge in [0.1, 0.15) is 18.0 Å². The fourth-order valence-electron chi connectivity index (χ4n) is 5.11. The third-order valence-electron chi connectivity index (χ3n) is 6.47. The predicted molar refractivity (Wildman–Crippen MR) is 128 cm³/mol. The number of amidine groups is 1. The van der Waals surface area contributed by atoms with Crippen LogP contribution in [-0.4, -0.2) is 40.6 Å². The molecule has 4 atom stereocenters. The number of esters is 1. The Kier molecular flexibility index (Phi) is 5.37. The molecule has 8 heteroatoms. The first-order valence-electron chi connectivity index (χ1n) is 10.7. The van der Waals surface area contributed by atoms with Gasteiger partial charge in [-0.05, 0) is 60.9 Å². The maximum atomic E-state index is 13.0. The molecular weight excluding hydrogens is 461 g/mol. The number of nitrogens with zero attached hydrogens (tertiary/aromatic N) is 2. The molecule has 0 amide bonds. The highest BCUT2D eigenvalue weighted by atomic mass is 35.5. The van der Waals surface area contributed by atoms with Crippen molar-refractivity contribution in [1.29, 1.82) is 0 Å². The molecule has 1 fully saturated rings. The van der Waals surface area contributed by atoms with Crippen LogP contribution in [0.25, 0.3) is 0 Å². The first-order valence-corrected chi connectivity index (χ1v) is 11.5. The van der Waals surface area contributed by atoms with Crippen LogP contribution in [0.5, 0.6) is 0 Å². The van der Waals surface area contributed by atoms with Crippen LogP contribution in [0.3, 0.4) is 0 Å². The molecule has 170 valence electrons. The highest BCUT2D eigenvalue weighted by Gasteiger charge is 2.73. The second-order valence-electron chi connectivity index (χ2n) is 8.36. The Labute approximate surface area is 202 Å². The van der Waals surface area contributed by atoms with E-state index in [4.69, 9.17) is 32.9 Å². The number of carbonyl (C=O) groups is 1. The van der Waals surface area contributed by atoms with Crippen molar-refractivity contribution in [3.8, 4) is 0 Å². The summed E-state index contributed by atoms with van der Waals surface area (Å²) in [5, 5.41) is 16.4. The zero-order chi connectivity index (χ0) is 23.4. The van der Waals surface area contributed by atoms with Gasteiger partial charge in [-0.25, -0.2) is 4.99 Å². The minimum Gasteiger partial charge on any atom is -0.465 e. The summed E-state index contributed by atoms with van der Waals surface area (Å²) < 4.78 is 5.32. The first-order chi connectivity index (χ1) is 15.8. The third kappa shape index (κ3) is 3.09. The van der Waals surface area contributed by atoms with Gasteiger partial charge in [-0.3, -0.25) is 10.1 Å². The van der Waals surface area contributed by atoms with E-state index in [0.717, 1.165) is 16.7 Å². The van der Waals surface area contributed by atoms with E-state index in [1.807, 2.05) is 54.4 Å². The van der Waals surface area contributed by atoms with Crippen molar-refractivity contribution in [2.24, 2.45) is 4.99 Å². The van der Waals surface area contributed by atoms with Gasteiger partial charge in [0.25, 0.3) is 0 Å². The van der Waals surface area contributed by atoms with Crippen LogP contribution >= 0.6 is 23.2 Å². The number of ether oxygens (including phenoxy) is 1. The maximum Gasteiger partial charge on any atom is 0.326 e. The SMILES string of the molecule is CCOC(=O)[C@@H]1N[C@]2(c3ccc(Cl)cc3)N3C=C(C)C=CC3=N[C@]2(c2ccc(Cl)cc2)[C@H]1O. The average molecular weight is 484 g/mol. The van der Waals surface area contributed by atoms with E-state index in [-0.39, 0.29) is 6.61 Å². The van der Waals surface area contributed by atoms with Crippen molar-refractivity contribution >= 4 is 35.0 Å². The summed E-state index contributed by atoms with van der Waals surface area (Å²) in [5.41, 5.74) is 0.124. The number of aliphatic hydroxyl groups excluding tert-OH is 1. The molecule has 33 heavy (non-hydrogen) atoms. The number of nitrogens with one attached hydrogen (secondary N) is 1. The summed E-state index contributed by atoms with van der Waals surface area (Å²) in [6, 6.07) is 13.6. The molecule has 6 nitrogen and oxygen atoms in total. The quantitative estimate of drug-likeness (QED) is 0.639. The van der Waals surface area contributed by atoms with Crippen molar-refractivity contribution in [2.45, 2.75) is 37.2 Å². The van der Waals surface area contributed by atoms with Gasteiger partial charge in [0.05, 0.1) is 6.61 Å². The van der Waals surface area contributed by atoms with Gasteiger partial charge in [-0.15, -0.1) is 0 Å². The Morgan fingerprint density at radius 1 is 1.09 bits per heavy atom. The van der Waals surface area contributed by atoms with Crippen LogP contribution in [0, 0.1) is 0 Å². The average Bonchev–Trinajstić information content (AvgIpc) is 3.23. The van der Waals surface area contributed by atoms with Gasteiger partial charge in [0.2, 0.25) is 0 Å². The minimum absolute atomic E-state index is 0.200. The summed E-state index contributed by atoms with van der Waals surface area (Å²) in [7, 11) is 0. The first kappa shape index (κ1) is 22.2. The molecule has 0 spiro atoms. The molecule has 2 aromatic rings. The Morgan fingerprint density at radius 3 is 2.30 bits per heavy atom. The van der Waals surface area contributed by atoms with E-state index in [1.54, 1.807) is 31.2 Å². The van der Waals surface area contributed by atoms with E-state index < -0.39 is 29.3 Å². The van der Waals surface area contributed by atoms with Gasteiger partial charge in [0, 0.05) is 16.2 Å². The molecule has 0 saturated carbocycles. The molecule has 0 unspecified atom stereocenters. The van der Waals surface area contributed by atoms with Crippen molar-refractivity contribution in [3.63, 3.8) is 0 Å². The maximum absolute atomic E-state index is 13.0. The molecule has 0 radical (unpaired) electrons. The lowest BCUT2D eigenvalue weighted by Gasteiger charge is -2.45. The summed E-state index contributed by atoms with van der Waals surface area (Å²) in [6.45, 7) is 3.92. The van der Waals surface area contributed by atoms with Gasteiger partial charge < -0.3 is 14.7 Å². The predicted octanol–water partition coefficient (Wildman–Crippen LogP) is 4.13. The van der Waals surface area contributed by atoms with E-state index in [2.05, 4.69) is 5.32 Å². The van der Waals surface area contributed by atoms with Gasteiger partial charge in [0.15, 0.2) is 11.2 Å². The van der Waals surface area contributed by atoms with Crippen molar-refractivity contribution < 1.29 is 14.6 Å². The number of hydrogen-bond donors (Lipinski definition) is 2. The standard InChI is InChI=1S/C25H23Cl2N3O3/c1-3-33-23(32)21-22(31)24(16-5-9-18(26)10-6-16)25(29-21,17-7-11-19(27)12-8-17)30-14-15(2)4-13-20(30)28-24/h4-14,21-22,29,31H,3H2,1-2H3/t21-,22+,24-,25-/m1/s1. The van der Waals surface area contributed by atoms with Gasteiger partial charge in [-0.1, -0.05) is 53.5 Å². The number of benzene rings is 2. The number of allylic oxidation sites excluding steroid dienone is 2. The van der Waals surface area contributed by atoms with Crippen LogP contribution in [0.2, 0.25) is 10.0 Å². The molecule has 0 bridgehead atoms. The van der Waals surface area contributed by atoms with Crippen LogP contribution in [0.4, 0.5) is 0 Å². The highest BCUT2D eigenvalue weighted by Crippen LogP contribution is 2.58. The second kappa shape index (κ2) is 7.99. The molecule has 3 heterocycles. The molecule has 2 N–H and O–H groups in total. The van der Waals surface area contributed by atoms with Crippen molar-refractivity contribution in [2.75, 3.05) is 6.61 Å². The van der Waals surface area contributed by atoms with Gasteiger partial charge in [-0.2, -0.15) is 0 Å². The van der Waals surface area contributed by atoms with E-state index in [0.29, 0.717) is 15.9 Å². The molecule has 3 aliphatic rings. The monoisotopic (exact) mass is 483 g/mol. The van der Waals surface area contributed by atoms with Crippen LogP contribution in [-0.2, 0) is 20.7 Å². The topological polar surface area (TPSA) is 74.2 Å². The minimum atomic E-state index is -1.27. The van der Waals surface area contributed by atoms with E-state index in [1.165, 1.54) is 0 Å². The lowest BCUT2D eigenvalue weighted by molar-refractivity contribution is -0.148.